The summed E-state index contributed by atoms with van der Waals surface area (Å²) in [5, 5.41) is 14.9. The van der Waals surface area contributed by atoms with Crippen LogP contribution in [0.15, 0.2) is 64.6 Å². The number of nitrogens with zero attached hydrogens (tertiary/aromatic N) is 1. The van der Waals surface area contributed by atoms with Crippen molar-refractivity contribution in [3.8, 4) is 0 Å². The lowest BCUT2D eigenvalue weighted by molar-refractivity contribution is -0.117. The van der Waals surface area contributed by atoms with Gasteiger partial charge >= 0.3 is 0 Å². The van der Waals surface area contributed by atoms with Crippen molar-refractivity contribution in [2.45, 2.75) is 13.0 Å². The van der Waals surface area contributed by atoms with E-state index in [1.54, 1.807) is 41.8 Å². The number of ketones is 1. The number of benzene rings is 1. The van der Waals surface area contributed by atoms with E-state index in [9.17, 15) is 14.7 Å². The highest BCUT2D eigenvalue weighted by molar-refractivity contribution is 7.12. The summed E-state index contributed by atoms with van der Waals surface area (Å²) in [7, 11) is 0. The number of aliphatic hydroxyl groups is 1. The Morgan fingerprint density at radius 1 is 1.11 bits per heavy atom. The number of carbonyl (C=O) groups is 2. The molecule has 1 amide bonds. The summed E-state index contributed by atoms with van der Waals surface area (Å²) >= 11 is 8.72. The Kier molecular flexibility index (Phi) is 4.63. The molecule has 0 aliphatic carbocycles. The van der Waals surface area contributed by atoms with E-state index >= 15 is 0 Å². The third-order valence-electron chi connectivity index (χ3n) is 4.45. The average Bonchev–Trinajstić information content (AvgIpc) is 3.37. The molecule has 1 N–H and O–H groups in total. The fourth-order valence-corrected chi connectivity index (χ4v) is 4.99. The lowest BCUT2D eigenvalue weighted by Crippen LogP contribution is -2.30. The second-order valence-electron chi connectivity index (χ2n) is 6.09. The second-order valence-corrected chi connectivity index (χ2v) is 8.42. The highest BCUT2D eigenvalue weighted by atomic mass is 35.5. The van der Waals surface area contributed by atoms with E-state index in [4.69, 9.17) is 11.6 Å². The summed E-state index contributed by atoms with van der Waals surface area (Å²) < 4.78 is 0. The lowest BCUT2D eigenvalue weighted by atomic mass is 9.99. The molecule has 7 heteroatoms. The molecule has 3 heterocycles. The quantitative estimate of drug-likeness (QED) is 0.568. The van der Waals surface area contributed by atoms with Crippen molar-refractivity contribution >= 4 is 51.7 Å². The minimum Gasteiger partial charge on any atom is -0.503 e. The summed E-state index contributed by atoms with van der Waals surface area (Å²) in [4.78, 5) is 28.8. The van der Waals surface area contributed by atoms with Gasteiger partial charge in [0, 0.05) is 15.6 Å². The largest absolute Gasteiger partial charge is 0.503 e. The van der Waals surface area contributed by atoms with Gasteiger partial charge < -0.3 is 5.11 Å². The molecule has 0 spiro atoms. The Morgan fingerprint density at radius 3 is 2.44 bits per heavy atom. The minimum absolute atomic E-state index is 0.114. The van der Waals surface area contributed by atoms with Crippen LogP contribution < -0.4 is 4.90 Å². The molecule has 4 rings (SSSR count). The Hall–Kier alpha value is -2.41. The molecule has 2 aromatic heterocycles. The molecular weight excluding hydrogens is 402 g/mol. The van der Waals surface area contributed by atoms with Crippen LogP contribution in [0.4, 0.5) is 5.69 Å². The number of halogens is 1. The third kappa shape index (κ3) is 3.00. The van der Waals surface area contributed by atoms with Gasteiger partial charge in [-0.05, 0) is 59.6 Å². The van der Waals surface area contributed by atoms with Gasteiger partial charge in [0.2, 0.25) is 5.78 Å². The second kappa shape index (κ2) is 6.96. The first kappa shape index (κ1) is 18.0. The summed E-state index contributed by atoms with van der Waals surface area (Å²) in [6, 6.07) is 11.5. The molecule has 1 aliphatic rings. The molecule has 0 saturated carbocycles. The molecule has 0 radical (unpaired) electrons. The van der Waals surface area contributed by atoms with Gasteiger partial charge in [0.1, 0.15) is 6.04 Å². The molecule has 0 bridgehead atoms. The number of hydrogen-bond acceptors (Lipinski definition) is 5. The number of rotatable bonds is 4. The molecule has 1 unspecified atom stereocenters. The van der Waals surface area contributed by atoms with Gasteiger partial charge in [0.25, 0.3) is 5.91 Å². The molecule has 3 aromatic rings. The fraction of sp³-hybridized carbons (Fsp3) is 0.100. The van der Waals surface area contributed by atoms with E-state index < -0.39 is 17.7 Å². The average molecular weight is 416 g/mol. The first-order valence-corrected chi connectivity index (χ1v) is 10.3. The zero-order valence-electron chi connectivity index (χ0n) is 14.2. The molecule has 1 aromatic carbocycles. The topological polar surface area (TPSA) is 57.6 Å². The van der Waals surface area contributed by atoms with Gasteiger partial charge in [-0.1, -0.05) is 17.7 Å². The van der Waals surface area contributed by atoms with Crippen LogP contribution in [0.2, 0.25) is 5.02 Å². The summed E-state index contributed by atoms with van der Waals surface area (Å²) in [6.45, 7) is 1.93. The summed E-state index contributed by atoms with van der Waals surface area (Å²) in [5.41, 5.74) is 1.65. The van der Waals surface area contributed by atoms with Crippen molar-refractivity contribution < 1.29 is 14.7 Å². The molecule has 27 heavy (non-hydrogen) atoms. The highest BCUT2D eigenvalue weighted by Crippen LogP contribution is 2.44. The van der Waals surface area contributed by atoms with Gasteiger partial charge in [0.05, 0.1) is 10.5 Å². The Balaban J connectivity index is 1.89. The van der Waals surface area contributed by atoms with Crippen molar-refractivity contribution in [3.63, 3.8) is 0 Å². The number of anilines is 1. The van der Waals surface area contributed by atoms with Crippen molar-refractivity contribution in [2.24, 2.45) is 0 Å². The smallest absolute Gasteiger partial charge is 0.294 e. The zero-order chi connectivity index (χ0) is 19.1. The van der Waals surface area contributed by atoms with Crippen LogP contribution >= 0.6 is 34.3 Å². The van der Waals surface area contributed by atoms with Crippen molar-refractivity contribution in [2.75, 3.05) is 4.90 Å². The predicted molar refractivity (Wildman–Crippen MR) is 109 cm³/mol. The molecule has 4 nitrogen and oxygen atoms in total. The van der Waals surface area contributed by atoms with E-state index in [0.29, 0.717) is 15.6 Å². The van der Waals surface area contributed by atoms with E-state index in [1.807, 2.05) is 18.4 Å². The van der Waals surface area contributed by atoms with Crippen LogP contribution in [0.1, 0.15) is 26.2 Å². The van der Waals surface area contributed by atoms with E-state index in [1.165, 1.54) is 27.6 Å². The monoisotopic (exact) mass is 415 g/mol. The van der Waals surface area contributed by atoms with E-state index in [0.717, 1.165) is 10.4 Å². The minimum atomic E-state index is -0.673. The molecule has 1 aliphatic heterocycles. The van der Waals surface area contributed by atoms with Gasteiger partial charge in [-0.2, -0.15) is 0 Å². The van der Waals surface area contributed by atoms with Gasteiger partial charge in [0.15, 0.2) is 5.76 Å². The Labute approximate surface area is 169 Å². The first-order chi connectivity index (χ1) is 13.0. The number of hydrogen-bond donors (Lipinski definition) is 1. The van der Waals surface area contributed by atoms with Gasteiger partial charge in [-0.15, -0.1) is 22.7 Å². The fourth-order valence-electron chi connectivity index (χ4n) is 3.16. The molecule has 136 valence electrons. The van der Waals surface area contributed by atoms with Gasteiger partial charge in [-0.3, -0.25) is 14.5 Å². The standard InChI is InChI=1S/C20H14ClNO3S2/c1-11-8-10-27-19(11)16-15(17(23)14-3-2-9-26-14)18(24)20(25)22(16)13-6-4-12(21)5-7-13/h2-10,16,24H,1H3. The normalized spacial score (nSPS) is 17.0. The van der Waals surface area contributed by atoms with Crippen LogP contribution in [0.25, 0.3) is 0 Å². The highest BCUT2D eigenvalue weighted by Gasteiger charge is 2.45. The molecule has 0 fully saturated rings. The van der Waals surface area contributed by atoms with E-state index in [-0.39, 0.29) is 11.4 Å². The maximum atomic E-state index is 13.1. The molecule has 0 saturated heterocycles. The van der Waals surface area contributed by atoms with Gasteiger partial charge in [-0.25, -0.2) is 0 Å². The number of amides is 1. The number of aliphatic hydroxyl groups excluding tert-OH is 1. The summed E-state index contributed by atoms with van der Waals surface area (Å²) in [6.07, 6.45) is 0. The SMILES string of the molecule is Cc1ccsc1C1C(C(=O)c2cccs2)=C(O)C(=O)N1c1ccc(Cl)cc1. The van der Waals surface area contributed by atoms with Crippen LogP contribution in [0, 0.1) is 6.92 Å². The number of thiophene rings is 2. The van der Waals surface area contributed by atoms with Crippen LogP contribution in [-0.4, -0.2) is 16.8 Å². The van der Waals surface area contributed by atoms with Crippen molar-refractivity contribution in [1.29, 1.82) is 0 Å². The van der Waals surface area contributed by atoms with E-state index in [2.05, 4.69) is 0 Å². The number of carbonyl (C=O) groups excluding carboxylic acids is 2. The predicted octanol–water partition coefficient (Wildman–Crippen LogP) is 5.55. The molecule has 1 atom stereocenters. The van der Waals surface area contributed by atoms with Crippen LogP contribution in [0.3, 0.4) is 0 Å². The Morgan fingerprint density at radius 2 is 1.85 bits per heavy atom. The third-order valence-corrected chi connectivity index (χ3v) is 6.64. The van der Waals surface area contributed by atoms with Crippen molar-refractivity contribution in [1.82, 2.24) is 0 Å². The van der Waals surface area contributed by atoms with Crippen LogP contribution in [0.5, 0.6) is 0 Å². The lowest BCUT2D eigenvalue weighted by Gasteiger charge is -2.26. The Bertz CT molecular complexity index is 1050. The maximum absolute atomic E-state index is 13.1. The zero-order valence-corrected chi connectivity index (χ0v) is 16.6. The molecular formula is C20H14ClNO3S2. The maximum Gasteiger partial charge on any atom is 0.294 e. The van der Waals surface area contributed by atoms with Crippen molar-refractivity contribution in [3.05, 3.63) is 84.9 Å². The van der Waals surface area contributed by atoms with Crippen LogP contribution in [-0.2, 0) is 4.79 Å². The summed E-state index contributed by atoms with van der Waals surface area (Å²) in [5.74, 6) is -1.42. The number of Topliss-reactive ketones (excluding diaryl/α,β-unsaturated/α-hetero) is 1. The first-order valence-electron chi connectivity index (χ1n) is 8.13. The number of aryl methyl sites for hydroxylation is 1.